The van der Waals surface area contributed by atoms with E-state index in [4.69, 9.17) is 0 Å². The SMILES string of the molecule is Cc1c(F)c(F)c(F)c(OC(=O)Oc2c(F)c(C)c(F)c(F)c2F)c1F. The topological polar surface area (TPSA) is 35.5 Å². The molecule has 0 spiro atoms. The van der Waals surface area contributed by atoms with Crippen LogP contribution in [0.2, 0.25) is 0 Å². The third-order valence-corrected chi connectivity index (χ3v) is 3.26. The fraction of sp³-hybridized carbons (Fsp3) is 0.133. The summed E-state index contributed by atoms with van der Waals surface area (Å²) in [5.74, 6) is -19.9. The van der Waals surface area contributed by atoms with Gasteiger partial charge in [-0.05, 0) is 13.8 Å². The van der Waals surface area contributed by atoms with E-state index in [1.165, 1.54) is 0 Å². The average molecular weight is 386 g/mol. The molecule has 0 heterocycles. The molecule has 0 amide bonds. The lowest BCUT2D eigenvalue weighted by Crippen LogP contribution is -2.19. The fourth-order valence-corrected chi connectivity index (χ4v) is 1.81. The van der Waals surface area contributed by atoms with Gasteiger partial charge in [0.1, 0.15) is 0 Å². The van der Waals surface area contributed by atoms with Crippen molar-refractivity contribution in [3.05, 3.63) is 57.7 Å². The zero-order valence-corrected chi connectivity index (χ0v) is 12.7. The van der Waals surface area contributed by atoms with Crippen molar-refractivity contribution < 1.29 is 49.4 Å². The molecule has 0 saturated carbocycles. The Balaban J connectivity index is 2.41. The molecule has 0 aliphatic carbocycles. The maximum absolute atomic E-state index is 13.7. The summed E-state index contributed by atoms with van der Waals surface area (Å²) in [6.45, 7) is 1.37. The molecule has 140 valence electrons. The van der Waals surface area contributed by atoms with Gasteiger partial charge in [0, 0.05) is 11.1 Å². The van der Waals surface area contributed by atoms with Crippen LogP contribution < -0.4 is 9.47 Å². The molecule has 0 atom stereocenters. The van der Waals surface area contributed by atoms with Gasteiger partial charge in [0.25, 0.3) is 0 Å². The molecule has 0 unspecified atom stereocenters. The zero-order chi connectivity index (χ0) is 19.9. The first-order valence-electron chi connectivity index (χ1n) is 6.53. The first kappa shape index (κ1) is 19.5. The molecule has 2 rings (SSSR count). The third kappa shape index (κ3) is 3.04. The molecular formula is C15H6F8O3. The normalized spacial score (nSPS) is 10.8. The van der Waals surface area contributed by atoms with Gasteiger partial charge in [-0.3, -0.25) is 0 Å². The monoisotopic (exact) mass is 386 g/mol. The van der Waals surface area contributed by atoms with E-state index in [-0.39, 0.29) is 0 Å². The Bertz CT molecular complexity index is 795. The summed E-state index contributed by atoms with van der Waals surface area (Å²) in [5.41, 5.74) is -2.12. The Hall–Kier alpha value is -2.85. The van der Waals surface area contributed by atoms with E-state index in [2.05, 4.69) is 9.47 Å². The second-order valence-electron chi connectivity index (χ2n) is 4.87. The van der Waals surface area contributed by atoms with E-state index in [1.807, 2.05) is 0 Å². The molecule has 0 bridgehead atoms. The lowest BCUT2D eigenvalue weighted by molar-refractivity contribution is 0.141. The molecule has 0 aliphatic rings. The van der Waals surface area contributed by atoms with E-state index in [1.54, 1.807) is 0 Å². The van der Waals surface area contributed by atoms with Gasteiger partial charge in [0.2, 0.25) is 23.1 Å². The van der Waals surface area contributed by atoms with Gasteiger partial charge in [-0.2, -0.15) is 8.78 Å². The van der Waals surface area contributed by atoms with Gasteiger partial charge in [-0.25, -0.2) is 31.1 Å². The van der Waals surface area contributed by atoms with Gasteiger partial charge in [-0.15, -0.1) is 0 Å². The maximum Gasteiger partial charge on any atom is 0.519 e. The van der Waals surface area contributed by atoms with Crippen LogP contribution in [0.4, 0.5) is 39.9 Å². The van der Waals surface area contributed by atoms with Crippen molar-refractivity contribution in [2.75, 3.05) is 0 Å². The van der Waals surface area contributed by atoms with E-state index in [9.17, 15) is 39.9 Å². The van der Waals surface area contributed by atoms with Crippen molar-refractivity contribution in [1.82, 2.24) is 0 Å². The predicted molar refractivity (Wildman–Crippen MR) is 68.7 cm³/mol. The fourth-order valence-electron chi connectivity index (χ4n) is 1.81. The lowest BCUT2D eigenvalue weighted by atomic mass is 10.2. The van der Waals surface area contributed by atoms with Crippen LogP contribution in [-0.4, -0.2) is 6.16 Å². The standard InChI is InChI=1S/C15H6F8O3/c1-3-5(16)9(20)11(22)13(7(3)18)25-15(24)26-14-8(19)4(2)6(17)10(21)12(14)23/h1-2H3. The Morgan fingerprint density at radius 2 is 0.846 bits per heavy atom. The number of hydrogen-bond acceptors (Lipinski definition) is 3. The minimum Gasteiger partial charge on any atom is -0.388 e. The van der Waals surface area contributed by atoms with Crippen LogP contribution in [0, 0.1) is 60.4 Å². The zero-order valence-electron chi connectivity index (χ0n) is 12.7. The second kappa shape index (κ2) is 6.81. The van der Waals surface area contributed by atoms with Gasteiger partial charge in [-0.1, -0.05) is 0 Å². The van der Waals surface area contributed by atoms with Gasteiger partial charge < -0.3 is 9.47 Å². The number of benzene rings is 2. The number of carbonyl (C=O) groups is 1. The first-order chi connectivity index (χ1) is 12.0. The van der Waals surface area contributed by atoms with Gasteiger partial charge >= 0.3 is 6.16 Å². The Labute approximate surface area is 139 Å². The van der Waals surface area contributed by atoms with Crippen LogP contribution >= 0.6 is 0 Å². The second-order valence-corrected chi connectivity index (χ2v) is 4.87. The quantitative estimate of drug-likeness (QED) is 0.240. The first-order valence-corrected chi connectivity index (χ1v) is 6.53. The minimum absolute atomic E-state index is 0.684. The maximum atomic E-state index is 13.7. The summed E-state index contributed by atoms with van der Waals surface area (Å²) >= 11 is 0. The number of carbonyl (C=O) groups excluding carboxylic acids is 1. The summed E-state index contributed by atoms with van der Waals surface area (Å²) in [4.78, 5) is 11.5. The van der Waals surface area contributed by atoms with Crippen LogP contribution in [0.15, 0.2) is 0 Å². The molecule has 2 aromatic carbocycles. The highest BCUT2D eigenvalue weighted by molar-refractivity contribution is 5.67. The highest BCUT2D eigenvalue weighted by Gasteiger charge is 2.30. The predicted octanol–water partition coefficient (Wildman–Crippen LogP) is 4.99. The van der Waals surface area contributed by atoms with Crippen molar-refractivity contribution in [1.29, 1.82) is 0 Å². The molecule has 0 radical (unpaired) electrons. The van der Waals surface area contributed by atoms with Crippen molar-refractivity contribution in [3.63, 3.8) is 0 Å². The van der Waals surface area contributed by atoms with Gasteiger partial charge in [0.05, 0.1) is 0 Å². The van der Waals surface area contributed by atoms with E-state index in [0.29, 0.717) is 13.8 Å². The average Bonchev–Trinajstić information content (AvgIpc) is 2.62. The number of hydrogen-bond donors (Lipinski definition) is 0. The Morgan fingerprint density at radius 3 is 1.15 bits per heavy atom. The van der Waals surface area contributed by atoms with Gasteiger partial charge in [0.15, 0.2) is 34.9 Å². The van der Waals surface area contributed by atoms with E-state index >= 15 is 0 Å². The largest absolute Gasteiger partial charge is 0.519 e. The van der Waals surface area contributed by atoms with Crippen molar-refractivity contribution in [3.8, 4) is 11.5 Å². The Kier molecular flexibility index (Phi) is 5.10. The van der Waals surface area contributed by atoms with E-state index in [0.717, 1.165) is 0 Å². The summed E-state index contributed by atoms with van der Waals surface area (Å²) in [6, 6.07) is 0. The summed E-state index contributed by atoms with van der Waals surface area (Å²) in [5, 5.41) is 0. The third-order valence-electron chi connectivity index (χ3n) is 3.26. The van der Waals surface area contributed by atoms with Crippen LogP contribution in [0.3, 0.4) is 0 Å². The van der Waals surface area contributed by atoms with E-state index < -0.39 is 75.3 Å². The van der Waals surface area contributed by atoms with Crippen LogP contribution in [0.5, 0.6) is 11.5 Å². The Morgan fingerprint density at radius 1 is 0.538 bits per heavy atom. The minimum atomic E-state index is -2.26. The number of halogens is 8. The molecule has 0 saturated heterocycles. The number of rotatable bonds is 2. The lowest BCUT2D eigenvalue weighted by Gasteiger charge is -2.12. The molecule has 0 aromatic heterocycles. The number of ether oxygens (including phenoxy) is 2. The van der Waals surface area contributed by atoms with Crippen LogP contribution in [0.1, 0.15) is 11.1 Å². The molecule has 11 heteroatoms. The molecular weight excluding hydrogens is 380 g/mol. The summed E-state index contributed by atoms with van der Waals surface area (Å²) in [6.07, 6.45) is -2.23. The van der Waals surface area contributed by atoms with Crippen molar-refractivity contribution in [2.45, 2.75) is 13.8 Å². The smallest absolute Gasteiger partial charge is 0.388 e. The van der Waals surface area contributed by atoms with Crippen molar-refractivity contribution >= 4 is 6.16 Å². The highest BCUT2D eigenvalue weighted by Crippen LogP contribution is 2.32. The molecule has 26 heavy (non-hydrogen) atoms. The molecule has 0 fully saturated rings. The molecule has 0 aliphatic heterocycles. The highest BCUT2D eigenvalue weighted by atomic mass is 19.2. The van der Waals surface area contributed by atoms with Crippen molar-refractivity contribution in [2.24, 2.45) is 0 Å². The van der Waals surface area contributed by atoms with Crippen LogP contribution in [-0.2, 0) is 0 Å². The molecule has 0 N–H and O–H groups in total. The summed E-state index contributed by atoms with van der Waals surface area (Å²) < 4.78 is 115. The van der Waals surface area contributed by atoms with Crippen LogP contribution in [0.25, 0.3) is 0 Å². The molecule has 3 nitrogen and oxygen atoms in total. The summed E-state index contributed by atoms with van der Waals surface area (Å²) in [7, 11) is 0. The molecule has 2 aromatic rings.